The molecule has 2 rings (SSSR count). The Balaban J connectivity index is 1.96. The first-order valence-electron chi connectivity index (χ1n) is 5.95. The van der Waals surface area contributed by atoms with Gasteiger partial charge in [0.1, 0.15) is 0 Å². The summed E-state index contributed by atoms with van der Waals surface area (Å²) in [6.45, 7) is 2.81. The van der Waals surface area contributed by atoms with Crippen molar-refractivity contribution in [1.82, 2.24) is 9.03 Å². The van der Waals surface area contributed by atoms with Gasteiger partial charge in [-0.15, -0.1) is 0 Å². The Bertz CT molecular complexity index is 408. The summed E-state index contributed by atoms with van der Waals surface area (Å²) < 4.78 is 28.0. The maximum Gasteiger partial charge on any atom is 0.279 e. The van der Waals surface area contributed by atoms with Crippen molar-refractivity contribution in [3.8, 4) is 0 Å². The van der Waals surface area contributed by atoms with Crippen LogP contribution in [0.15, 0.2) is 0 Å². The van der Waals surface area contributed by atoms with Crippen LogP contribution >= 0.6 is 0 Å². The highest BCUT2D eigenvalue weighted by molar-refractivity contribution is 7.87. The first kappa shape index (κ1) is 12.8. The molecule has 0 spiro atoms. The fourth-order valence-electron chi connectivity index (χ4n) is 1.98. The summed E-state index contributed by atoms with van der Waals surface area (Å²) in [5.41, 5.74) is 5.20. The zero-order chi connectivity index (χ0) is 12.7. The Morgan fingerprint density at radius 3 is 2.35 bits per heavy atom. The third-order valence-electron chi connectivity index (χ3n) is 3.71. The lowest BCUT2D eigenvalue weighted by Crippen LogP contribution is -2.50. The van der Waals surface area contributed by atoms with Gasteiger partial charge in [0, 0.05) is 24.5 Å². The van der Waals surface area contributed by atoms with Gasteiger partial charge >= 0.3 is 0 Å². The molecule has 0 aromatic carbocycles. The summed E-state index contributed by atoms with van der Waals surface area (Å²) in [7, 11) is -3.32. The summed E-state index contributed by atoms with van der Waals surface area (Å²) in [6.07, 6.45) is 3.12. The topological polar surface area (TPSA) is 99.3 Å². The highest BCUT2D eigenvalue weighted by atomic mass is 32.2. The number of nitrogens with one attached hydrogen (secondary N) is 2. The summed E-state index contributed by atoms with van der Waals surface area (Å²) >= 11 is 0. The second-order valence-corrected chi connectivity index (χ2v) is 6.97. The number of nitrogens with zero attached hydrogens (tertiary/aromatic N) is 1. The van der Waals surface area contributed by atoms with E-state index in [2.05, 4.69) is 4.72 Å². The molecule has 1 heterocycles. The van der Waals surface area contributed by atoms with Crippen molar-refractivity contribution in [1.29, 1.82) is 5.41 Å². The van der Waals surface area contributed by atoms with Crippen molar-refractivity contribution in [2.45, 2.75) is 38.6 Å². The highest BCUT2D eigenvalue weighted by Crippen LogP contribution is 2.32. The van der Waals surface area contributed by atoms with Crippen LogP contribution in [-0.2, 0) is 10.2 Å². The highest BCUT2D eigenvalue weighted by Gasteiger charge is 2.38. The van der Waals surface area contributed by atoms with E-state index in [4.69, 9.17) is 11.1 Å². The molecule has 2 aliphatic rings. The molecular formula is C10H20N4O2S. The zero-order valence-electron chi connectivity index (χ0n) is 10.1. The van der Waals surface area contributed by atoms with Crippen molar-refractivity contribution in [3.63, 3.8) is 0 Å². The third kappa shape index (κ3) is 2.78. The summed E-state index contributed by atoms with van der Waals surface area (Å²) in [5, 5.41) is 7.52. The number of rotatable bonds is 4. The van der Waals surface area contributed by atoms with Gasteiger partial charge in [-0.05, 0) is 25.7 Å². The van der Waals surface area contributed by atoms with Gasteiger partial charge in [0.2, 0.25) is 0 Å². The molecule has 0 bridgehead atoms. The monoisotopic (exact) mass is 260 g/mol. The van der Waals surface area contributed by atoms with Crippen LogP contribution in [0.4, 0.5) is 0 Å². The van der Waals surface area contributed by atoms with E-state index < -0.39 is 10.2 Å². The number of nitrogens with two attached hydrogens (primary N) is 1. The van der Waals surface area contributed by atoms with E-state index in [0.717, 1.165) is 12.8 Å². The van der Waals surface area contributed by atoms with E-state index in [1.165, 1.54) is 4.31 Å². The molecule has 17 heavy (non-hydrogen) atoms. The minimum atomic E-state index is -3.32. The van der Waals surface area contributed by atoms with Gasteiger partial charge in [-0.1, -0.05) is 6.92 Å². The molecule has 0 amide bonds. The van der Waals surface area contributed by atoms with Gasteiger partial charge < -0.3 is 5.73 Å². The van der Waals surface area contributed by atoms with Crippen LogP contribution < -0.4 is 10.5 Å². The van der Waals surface area contributed by atoms with Gasteiger partial charge in [0.05, 0.1) is 5.84 Å². The Kier molecular flexibility index (Phi) is 3.17. The van der Waals surface area contributed by atoms with Crippen molar-refractivity contribution in [2.75, 3.05) is 13.1 Å². The minimum absolute atomic E-state index is 0.140. The van der Waals surface area contributed by atoms with Crippen LogP contribution in [0.2, 0.25) is 0 Å². The largest absolute Gasteiger partial charge is 0.387 e. The second kappa shape index (κ2) is 4.22. The second-order valence-electron chi connectivity index (χ2n) is 5.27. The lowest BCUT2D eigenvalue weighted by Gasteiger charge is -2.37. The SMILES string of the molecule is CC1(C(=N)N)CCN(S(=O)(=O)NC2CC2)CC1. The first-order valence-corrected chi connectivity index (χ1v) is 7.39. The molecule has 1 aliphatic carbocycles. The molecule has 2 fully saturated rings. The van der Waals surface area contributed by atoms with Gasteiger partial charge in [0.25, 0.3) is 10.2 Å². The maximum atomic E-state index is 11.9. The van der Waals surface area contributed by atoms with E-state index in [-0.39, 0.29) is 17.3 Å². The molecule has 98 valence electrons. The molecule has 4 N–H and O–H groups in total. The Morgan fingerprint density at radius 1 is 1.41 bits per heavy atom. The van der Waals surface area contributed by atoms with Crippen LogP contribution in [0.1, 0.15) is 32.6 Å². The van der Waals surface area contributed by atoms with Gasteiger partial charge in [-0.2, -0.15) is 17.4 Å². The molecule has 1 aliphatic heterocycles. The Hall–Kier alpha value is -0.660. The average Bonchev–Trinajstić information content (AvgIpc) is 3.01. The lowest BCUT2D eigenvalue weighted by atomic mass is 9.80. The number of piperidine rings is 1. The molecule has 7 heteroatoms. The van der Waals surface area contributed by atoms with Crippen molar-refractivity contribution in [3.05, 3.63) is 0 Å². The van der Waals surface area contributed by atoms with E-state index in [1.807, 2.05) is 6.92 Å². The standard InChI is InChI=1S/C10H20N4O2S/c1-10(9(11)12)4-6-14(7-5-10)17(15,16)13-8-2-3-8/h8,13H,2-7H2,1H3,(H3,11,12). The molecular weight excluding hydrogens is 240 g/mol. The number of hydrogen-bond acceptors (Lipinski definition) is 3. The molecule has 6 nitrogen and oxygen atoms in total. The molecule has 0 aromatic heterocycles. The fraction of sp³-hybridized carbons (Fsp3) is 0.900. The molecule has 0 radical (unpaired) electrons. The van der Waals surface area contributed by atoms with Crippen LogP contribution in [0.3, 0.4) is 0 Å². The van der Waals surface area contributed by atoms with Gasteiger partial charge in [0.15, 0.2) is 0 Å². The van der Waals surface area contributed by atoms with Crippen LogP contribution in [0.5, 0.6) is 0 Å². The van der Waals surface area contributed by atoms with Crippen molar-refractivity contribution in [2.24, 2.45) is 11.1 Å². The normalized spacial score (nSPS) is 25.7. The fourth-order valence-corrected chi connectivity index (χ4v) is 3.45. The van der Waals surface area contributed by atoms with E-state index in [1.54, 1.807) is 0 Å². The van der Waals surface area contributed by atoms with E-state index in [9.17, 15) is 8.42 Å². The van der Waals surface area contributed by atoms with E-state index in [0.29, 0.717) is 25.9 Å². The van der Waals surface area contributed by atoms with Gasteiger partial charge in [-0.3, -0.25) is 5.41 Å². The summed E-state index contributed by atoms with van der Waals surface area (Å²) in [4.78, 5) is 0. The third-order valence-corrected chi connectivity index (χ3v) is 5.39. The molecule has 0 unspecified atom stereocenters. The minimum Gasteiger partial charge on any atom is -0.387 e. The smallest absolute Gasteiger partial charge is 0.279 e. The van der Waals surface area contributed by atoms with Gasteiger partial charge in [-0.25, -0.2) is 0 Å². The molecule has 1 saturated carbocycles. The van der Waals surface area contributed by atoms with Crippen LogP contribution in [0, 0.1) is 10.8 Å². The lowest BCUT2D eigenvalue weighted by molar-refractivity contribution is 0.238. The van der Waals surface area contributed by atoms with Crippen LogP contribution in [0.25, 0.3) is 0 Å². The predicted molar refractivity (Wildman–Crippen MR) is 65.9 cm³/mol. The van der Waals surface area contributed by atoms with Crippen molar-refractivity contribution < 1.29 is 8.42 Å². The average molecular weight is 260 g/mol. The molecule has 1 saturated heterocycles. The first-order chi connectivity index (χ1) is 7.83. The maximum absolute atomic E-state index is 11.9. The summed E-state index contributed by atoms with van der Waals surface area (Å²) in [6, 6.07) is 0.140. The summed E-state index contributed by atoms with van der Waals surface area (Å²) in [5.74, 6) is 0.157. The Morgan fingerprint density at radius 2 is 1.94 bits per heavy atom. The zero-order valence-corrected chi connectivity index (χ0v) is 10.9. The Labute approximate surface area is 102 Å². The predicted octanol–water partition coefficient (Wildman–Crippen LogP) is 0.0213. The quantitative estimate of drug-likeness (QED) is 0.491. The number of hydrogen-bond donors (Lipinski definition) is 3. The molecule has 0 aromatic rings. The van der Waals surface area contributed by atoms with Crippen LogP contribution in [-0.4, -0.2) is 37.7 Å². The van der Waals surface area contributed by atoms with E-state index >= 15 is 0 Å². The molecule has 0 atom stereocenters. The number of amidine groups is 1. The van der Waals surface area contributed by atoms with Crippen molar-refractivity contribution >= 4 is 16.0 Å².